The number of primary amides is 1. The lowest BCUT2D eigenvalue weighted by atomic mass is 10.2. The van der Waals surface area contributed by atoms with Crippen molar-refractivity contribution in [1.29, 1.82) is 0 Å². The molecule has 2 amide bonds. The first kappa shape index (κ1) is 20.7. The maximum absolute atomic E-state index is 11.8. The van der Waals surface area contributed by atoms with Crippen LogP contribution in [0.1, 0.15) is 18.7 Å². The Morgan fingerprint density at radius 1 is 1.30 bits per heavy atom. The van der Waals surface area contributed by atoms with E-state index in [9.17, 15) is 4.79 Å². The lowest BCUT2D eigenvalue weighted by Gasteiger charge is -2.35. The first-order valence-corrected chi connectivity index (χ1v) is 11.4. The topological polar surface area (TPSA) is 112 Å². The molecule has 0 bridgehead atoms. The van der Waals surface area contributed by atoms with Crippen molar-refractivity contribution in [1.82, 2.24) is 19.4 Å². The summed E-state index contributed by atoms with van der Waals surface area (Å²) in [6.07, 6.45) is 2.49. The van der Waals surface area contributed by atoms with Crippen LogP contribution in [0.3, 0.4) is 0 Å². The Hall–Kier alpha value is -2.52. The molecule has 1 aromatic carbocycles. The number of aryl methyl sites for hydroxylation is 1. The molecule has 0 saturated carbocycles. The Labute approximate surface area is 179 Å². The van der Waals surface area contributed by atoms with Crippen LogP contribution in [0.4, 0.5) is 10.6 Å². The van der Waals surface area contributed by atoms with E-state index < -0.39 is 0 Å². The van der Waals surface area contributed by atoms with Gasteiger partial charge < -0.3 is 25.7 Å². The van der Waals surface area contributed by atoms with Gasteiger partial charge in [0.25, 0.3) is 0 Å². The second kappa shape index (κ2) is 9.09. The summed E-state index contributed by atoms with van der Waals surface area (Å²) in [5.74, 6) is 3.35. The van der Waals surface area contributed by atoms with Crippen LogP contribution < -0.4 is 11.5 Å². The third-order valence-corrected chi connectivity index (χ3v) is 6.84. The number of para-hydroxylation sites is 1. The van der Waals surface area contributed by atoms with Crippen LogP contribution in [0.2, 0.25) is 0 Å². The number of carbonyl (C=O) groups is 1. The number of amides is 2. The molecule has 1 aliphatic heterocycles. The Bertz CT molecular complexity index is 1050. The van der Waals surface area contributed by atoms with Gasteiger partial charge in [-0.2, -0.15) is 11.8 Å². The summed E-state index contributed by atoms with van der Waals surface area (Å²) in [6, 6.07) is 7.97. The molecule has 8 nitrogen and oxygen atoms in total. The van der Waals surface area contributed by atoms with Crippen molar-refractivity contribution >= 4 is 45.5 Å². The van der Waals surface area contributed by atoms with E-state index in [0.29, 0.717) is 25.4 Å². The molecule has 2 aromatic heterocycles. The number of anilines is 1. The summed E-state index contributed by atoms with van der Waals surface area (Å²) in [6.45, 7) is 2.06. The number of nitrogens with zero attached hydrogens (tertiary/aromatic N) is 4. The summed E-state index contributed by atoms with van der Waals surface area (Å²) in [5, 5.41) is 1.04. The number of urea groups is 1. The molecule has 9 heteroatoms. The van der Waals surface area contributed by atoms with E-state index >= 15 is 0 Å². The van der Waals surface area contributed by atoms with Crippen LogP contribution in [0.15, 0.2) is 24.3 Å². The molecule has 3 heterocycles. The van der Waals surface area contributed by atoms with Gasteiger partial charge in [0.05, 0.1) is 23.7 Å². The average Bonchev–Trinajstić information content (AvgIpc) is 3.06. The maximum Gasteiger partial charge on any atom is 0.315 e. The Kier molecular flexibility index (Phi) is 6.29. The number of nitrogen functional groups attached to an aromatic ring is 1. The van der Waals surface area contributed by atoms with Gasteiger partial charge in [-0.1, -0.05) is 18.2 Å². The first-order valence-electron chi connectivity index (χ1n) is 10.3. The lowest BCUT2D eigenvalue weighted by molar-refractivity contribution is 0.190. The van der Waals surface area contributed by atoms with Gasteiger partial charge in [-0.25, -0.2) is 14.8 Å². The largest absolute Gasteiger partial charge is 0.384 e. The van der Waals surface area contributed by atoms with Crippen LogP contribution in [0.5, 0.6) is 0 Å². The molecule has 30 heavy (non-hydrogen) atoms. The quantitative estimate of drug-likeness (QED) is 0.507. The van der Waals surface area contributed by atoms with Gasteiger partial charge >= 0.3 is 6.03 Å². The number of carbonyl (C=O) groups excluding carboxylic acids is 1. The number of fused-ring (bicyclic) bond motifs is 3. The van der Waals surface area contributed by atoms with Gasteiger partial charge in [0, 0.05) is 43.5 Å². The normalized spacial score (nSPS) is 14.3. The van der Waals surface area contributed by atoms with Crippen LogP contribution in [0, 0.1) is 0 Å². The molecule has 4 rings (SSSR count). The third-order valence-electron chi connectivity index (χ3n) is 5.59. The van der Waals surface area contributed by atoms with E-state index in [0.717, 1.165) is 58.7 Å². The fraction of sp³-hybridized carbons (Fsp3) is 0.476. The van der Waals surface area contributed by atoms with Gasteiger partial charge in [0.1, 0.15) is 11.3 Å². The monoisotopic (exact) mass is 428 g/mol. The van der Waals surface area contributed by atoms with Crippen molar-refractivity contribution in [2.75, 3.05) is 37.5 Å². The van der Waals surface area contributed by atoms with E-state index in [1.807, 2.05) is 34.9 Å². The Morgan fingerprint density at radius 2 is 2.10 bits per heavy atom. The molecule has 1 saturated heterocycles. The number of thioether (sulfide) groups is 1. The summed E-state index contributed by atoms with van der Waals surface area (Å²) in [5.41, 5.74) is 14.4. The zero-order chi connectivity index (χ0) is 21.1. The number of hydrogen-bond acceptors (Lipinski definition) is 6. The second-order valence-electron chi connectivity index (χ2n) is 7.56. The summed E-state index contributed by atoms with van der Waals surface area (Å²) < 4.78 is 7.52. The number of hydrogen-bond donors (Lipinski definition) is 2. The molecular weight excluding hydrogens is 400 g/mol. The molecule has 0 atom stereocenters. The minimum atomic E-state index is -0.320. The number of unbranched alkanes of at least 4 members (excludes halogenated alkanes) is 1. The van der Waals surface area contributed by atoms with Gasteiger partial charge in [0.2, 0.25) is 0 Å². The Morgan fingerprint density at radius 3 is 2.80 bits per heavy atom. The number of rotatable bonds is 9. The predicted molar refractivity (Wildman–Crippen MR) is 122 cm³/mol. The van der Waals surface area contributed by atoms with Crippen LogP contribution in [-0.4, -0.2) is 63.3 Å². The summed E-state index contributed by atoms with van der Waals surface area (Å²) in [7, 11) is 1.69. The molecule has 0 aliphatic carbocycles. The molecule has 3 aromatic rings. The van der Waals surface area contributed by atoms with Gasteiger partial charge in [-0.05, 0) is 18.9 Å². The van der Waals surface area contributed by atoms with E-state index in [4.69, 9.17) is 21.2 Å². The summed E-state index contributed by atoms with van der Waals surface area (Å²) >= 11 is 1.85. The fourth-order valence-corrected chi connectivity index (χ4v) is 4.76. The SMILES string of the molecule is COCCc1nc2c(N)nc3ccccc3c2n1CCCCN(C(N)=O)C1CSC1. The van der Waals surface area contributed by atoms with E-state index in [2.05, 4.69) is 15.6 Å². The number of ether oxygens (including phenoxy) is 1. The zero-order valence-electron chi connectivity index (χ0n) is 17.2. The highest BCUT2D eigenvalue weighted by atomic mass is 32.2. The molecule has 0 radical (unpaired) electrons. The number of pyridine rings is 1. The van der Waals surface area contributed by atoms with Crippen LogP contribution in [0.25, 0.3) is 21.9 Å². The molecule has 0 spiro atoms. The highest BCUT2D eigenvalue weighted by Gasteiger charge is 2.27. The van der Waals surface area contributed by atoms with E-state index in [-0.39, 0.29) is 12.1 Å². The van der Waals surface area contributed by atoms with Gasteiger partial charge in [0.15, 0.2) is 5.82 Å². The van der Waals surface area contributed by atoms with Crippen molar-refractivity contribution in [2.45, 2.75) is 31.8 Å². The standard InChI is InChI=1S/C21H28N6O2S/c1-29-11-8-17-25-18-19(15-6-2-3-7-16(15)24-20(18)22)27(17)10-5-4-9-26(21(23)28)14-12-30-13-14/h2-3,6-7,14H,4-5,8-13H2,1H3,(H2,22,24)(H2,23,28). The molecule has 1 aliphatic rings. The van der Waals surface area contributed by atoms with Crippen molar-refractivity contribution in [3.63, 3.8) is 0 Å². The highest BCUT2D eigenvalue weighted by Crippen LogP contribution is 2.29. The van der Waals surface area contributed by atoms with E-state index in [1.54, 1.807) is 7.11 Å². The molecular formula is C21H28N6O2S. The number of imidazole rings is 1. The van der Waals surface area contributed by atoms with Crippen molar-refractivity contribution in [3.8, 4) is 0 Å². The lowest BCUT2D eigenvalue weighted by Crippen LogP contribution is -2.50. The Balaban J connectivity index is 1.58. The second-order valence-corrected chi connectivity index (χ2v) is 8.64. The molecule has 4 N–H and O–H groups in total. The highest BCUT2D eigenvalue weighted by molar-refractivity contribution is 8.00. The average molecular weight is 429 g/mol. The summed E-state index contributed by atoms with van der Waals surface area (Å²) in [4.78, 5) is 22.9. The third kappa shape index (κ3) is 4.04. The van der Waals surface area contributed by atoms with Crippen molar-refractivity contribution in [3.05, 3.63) is 30.1 Å². The first-order chi connectivity index (χ1) is 14.6. The van der Waals surface area contributed by atoms with E-state index in [1.165, 1.54) is 0 Å². The predicted octanol–water partition coefficient (Wildman–Crippen LogP) is 2.63. The molecule has 0 unspecified atom stereocenters. The number of benzene rings is 1. The smallest absolute Gasteiger partial charge is 0.315 e. The van der Waals surface area contributed by atoms with Crippen LogP contribution >= 0.6 is 11.8 Å². The fourth-order valence-electron chi connectivity index (χ4n) is 3.96. The molecule has 1 fully saturated rings. The number of methoxy groups -OCH3 is 1. The zero-order valence-corrected chi connectivity index (χ0v) is 18.0. The van der Waals surface area contributed by atoms with Gasteiger partial charge in [-0.3, -0.25) is 0 Å². The number of nitrogens with two attached hydrogens (primary N) is 2. The van der Waals surface area contributed by atoms with Crippen molar-refractivity contribution < 1.29 is 9.53 Å². The van der Waals surface area contributed by atoms with Gasteiger partial charge in [-0.15, -0.1) is 0 Å². The molecule has 160 valence electrons. The number of aromatic nitrogens is 3. The minimum absolute atomic E-state index is 0.286. The van der Waals surface area contributed by atoms with Crippen LogP contribution in [-0.2, 0) is 17.7 Å². The minimum Gasteiger partial charge on any atom is -0.384 e. The van der Waals surface area contributed by atoms with Crippen molar-refractivity contribution in [2.24, 2.45) is 5.73 Å². The maximum atomic E-state index is 11.8.